The molecule has 0 saturated carbocycles. The van der Waals surface area contributed by atoms with Gasteiger partial charge in [-0.1, -0.05) is 6.92 Å². The fourth-order valence-electron chi connectivity index (χ4n) is 1.33. The highest BCUT2D eigenvalue weighted by atomic mass is 79.9. The van der Waals surface area contributed by atoms with E-state index < -0.39 is 18.0 Å². The number of aliphatic carboxylic acids is 1. The molecule has 0 aliphatic rings. The summed E-state index contributed by atoms with van der Waals surface area (Å²) in [4.78, 5) is 23.3. The number of carbonyl (C=O) groups excluding carboxylic acids is 1. The minimum atomic E-state index is -1.02. The van der Waals surface area contributed by atoms with E-state index in [2.05, 4.69) is 26.6 Å². The molecule has 1 aromatic rings. The largest absolute Gasteiger partial charge is 0.480 e. The zero-order valence-corrected chi connectivity index (χ0v) is 12.3. The van der Waals surface area contributed by atoms with Gasteiger partial charge in [0.1, 0.15) is 6.04 Å². The molecule has 2 amide bonds. The van der Waals surface area contributed by atoms with Gasteiger partial charge in [0, 0.05) is 11.4 Å². The third-order valence-electron chi connectivity index (χ3n) is 2.30. The normalized spacial score (nSPS) is 11.9. The van der Waals surface area contributed by atoms with Crippen molar-refractivity contribution in [1.29, 1.82) is 0 Å². The average molecular weight is 335 g/mol. The van der Waals surface area contributed by atoms with Crippen molar-refractivity contribution in [3.63, 3.8) is 0 Å². The summed E-state index contributed by atoms with van der Waals surface area (Å²) in [6, 6.07) is 2.67. The van der Waals surface area contributed by atoms with Crippen molar-refractivity contribution in [2.75, 3.05) is 6.54 Å². The van der Waals surface area contributed by atoms with Crippen molar-refractivity contribution in [2.24, 2.45) is 0 Å². The Morgan fingerprint density at radius 2 is 2.22 bits per heavy atom. The lowest BCUT2D eigenvalue weighted by molar-refractivity contribution is -0.139. The summed E-state index contributed by atoms with van der Waals surface area (Å²) in [7, 11) is 0. The van der Waals surface area contributed by atoms with Gasteiger partial charge >= 0.3 is 12.0 Å². The molecule has 1 aromatic heterocycles. The third-order valence-corrected chi connectivity index (χ3v) is 3.98. The predicted molar refractivity (Wildman–Crippen MR) is 74.0 cm³/mol. The molecular formula is C11H15BrN2O3S. The summed E-state index contributed by atoms with van der Waals surface area (Å²) in [6.45, 7) is 2.19. The molecule has 0 aliphatic heterocycles. The molecule has 0 fully saturated rings. The van der Waals surface area contributed by atoms with E-state index in [-0.39, 0.29) is 0 Å². The molecule has 18 heavy (non-hydrogen) atoms. The quantitative estimate of drug-likeness (QED) is 0.746. The summed E-state index contributed by atoms with van der Waals surface area (Å²) >= 11 is 4.98. The number of hydrogen-bond acceptors (Lipinski definition) is 3. The lowest BCUT2D eigenvalue weighted by Crippen LogP contribution is -2.46. The molecule has 100 valence electrons. The zero-order chi connectivity index (χ0) is 13.5. The molecule has 0 unspecified atom stereocenters. The lowest BCUT2D eigenvalue weighted by Gasteiger charge is -2.12. The maximum atomic E-state index is 11.4. The van der Waals surface area contributed by atoms with E-state index in [9.17, 15) is 9.59 Å². The molecule has 1 rings (SSSR count). The Kier molecular flexibility index (Phi) is 6.14. The number of carboxylic acid groups (broad SMARTS) is 1. The van der Waals surface area contributed by atoms with Crippen LogP contribution in [0.5, 0.6) is 0 Å². The van der Waals surface area contributed by atoms with Gasteiger partial charge in [-0.05, 0) is 40.9 Å². The van der Waals surface area contributed by atoms with Crippen molar-refractivity contribution < 1.29 is 14.7 Å². The summed E-state index contributed by atoms with van der Waals surface area (Å²) < 4.78 is 1.05. The first kappa shape index (κ1) is 15.0. The number of nitrogens with one attached hydrogen (secondary N) is 2. The Labute approximate surface area is 118 Å². The van der Waals surface area contributed by atoms with E-state index in [0.717, 1.165) is 15.1 Å². The van der Waals surface area contributed by atoms with Gasteiger partial charge in [0.05, 0.1) is 3.79 Å². The molecule has 0 aliphatic carbocycles. The van der Waals surface area contributed by atoms with Gasteiger partial charge in [0.2, 0.25) is 0 Å². The minimum Gasteiger partial charge on any atom is -0.480 e. The first-order chi connectivity index (χ1) is 8.52. The average Bonchev–Trinajstić information content (AvgIpc) is 2.71. The molecule has 3 N–H and O–H groups in total. The first-order valence-electron chi connectivity index (χ1n) is 5.54. The number of amides is 2. The zero-order valence-electron chi connectivity index (χ0n) is 9.90. The van der Waals surface area contributed by atoms with Crippen molar-refractivity contribution in [1.82, 2.24) is 10.6 Å². The van der Waals surface area contributed by atoms with E-state index in [1.54, 1.807) is 18.3 Å². The van der Waals surface area contributed by atoms with Gasteiger partial charge in [-0.3, -0.25) is 0 Å². The highest BCUT2D eigenvalue weighted by molar-refractivity contribution is 9.11. The Morgan fingerprint density at radius 3 is 2.72 bits per heavy atom. The number of carboxylic acids is 1. The lowest BCUT2D eigenvalue weighted by atomic mass is 10.2. The number of urea groups is 1. The minimum absolute atomic E-state index is 0.362. The number of rotatable bonds is 6. The maximum absolute atomic E-state index is 11.4. The van der Waals surface area contributed by atoms with Gasteiger partial charge in [-0.25, -0.2) is 9.59 Å². The molecule has 0 radical (unpaired) electrons. The molecule has 0 saturated heterocycles. The molecule has 0 spiro atoms. The van der Waals surface area contributed by atoms with Crippen LogP contribution in [-0.4, -0.2) is 29.7 Å². The van der Waals surface area contributed by atoms with Crippen molar-refractivity contribution in [3.8, 4) is 0 Å². The maximum Gasteiger partial charge on any atom is 0.326 e. The van der Waals surface area contributed by atoms with Crippen LogP contribution in [0.1, 0.15) is 18.2 Å². The standard InChI is InChI=1S/C11H15BrN2O3S/c1-2-8(10(15)16)14-11(17)13-6-5-7-3-4-9(12)18-7/h3-4,8H,2,5-6H2,1H3,(H,15,16)(H2,13,14,17)/t8-/m1/s1. The number of hydrogen-bond donors (Lipinski definition) is 3. The van der Waals surface area contributed by atoms with E-state index in [0.29, 0.717) is 13.0 Å². The molecule has 7 heteroatoms. The van der Waals surface area contributed by atoms with E-state index in [4.69, 9.17) is 5.11 Å². The smallest absolute Gasteiger partial charge is 0.326 e. The second-order valence-electron chi connectivity index (χ2n) is 3.66. The van der Waals surface area contributed by atoms with Gasteiger partial charge in [0.15, 0.2) is 0 Å². The Hall–Kier alpha value is -1.08. The van der Waals surface area contributed by atoms with Crippen LogP contribution in [0.15, 0.2) is 15.9 Å². The number of thiophene rings is 1. The van der Waals surface area contributed by atoms with E-state index in [1.165, 1.54) is 0 Å². The predicted octanol–water partition coefficient (Wildman–Crippen LogP) is 2.22. The van der Waals surface area contributed by atoms with Crippen molar-refractivity contribution in [3.05, 3.63) is 20.8 Å². The second-order valence-corrected chi connectivity index (χ2v) is 6.20. The first-order valence-corrected chi connectivity index (χ1v) is 7.15. The molecule has 5 nitrogen and oxygen atoms in total. The fraction of sp³-hybridized carbons (Fsp3) is 0.455. The topological polar surface area (TPSA) is 78.4 Å². The second kappa shape index (κ2) is 7.38. The van der Waals surface area contributed by atoms with Crippen LogP contribution >= 0.6 is 27.3 Å². The van der Waals surface area contributed by atoms with Crippen LogP contribution in [0.2, 0.25) is 0 Å². The van der Waals surface area contributed by atoms with Gasteiger partial charge in [-0.15, -0.1) is 11.3 Å². The molecular weight excluding hydrogens is 320 g/mol. The van der Waals surface area contributed by atoms with Crippen LogP contribution in [0.4, 0.5) is 4.79 Å². The van der Waals surface area contributed by atoms with E-state index >= 15 is 0 Å². The third kappa shape index (κ3) is 5.05. The SMILES string of the molecule is CC[C@@H](NC(=O)NCCc1ccc(Br)s1)C(=O)O. The highest BCUT2D eigenvalue weighted by Crippen LogP contribution is 2.21. The summed E-state index contributed by atoms with van der Waals surface area (Å²) in [5, 5.41) is 13.8. The number of halogens is 1. The van der Waals surface area contributed by atoms with Crippen LogP contribution in [0.3, 0.4) is 0 Å². The summed E-state index contributed by atoms with van der Waals surface area (Å²) in [5.41, 5.74) is 0. The Bertz CT molecular complexity index is 422. The van der Waals surface area contributed by atoms with Crippen LogP contribution in [-0.2, 0) is 11.2 Å². The van der Waals surface area contributed by atoms with Crippen molar-refractivity contribution in [2.45, 2.75) is 25.8 Å². The summed E-state index contributed by atoms with van der Waals surface area (Å²) in [5.74, 6) is -1.02. The van der Waals surface area contributed by atoms with Crippen LogP contribution in [0.25, 0.3) is 0 Å². The monoisotopic (exact) mass is 334 g/mol. The highest BCUT2D eigenvalue weighted by Gasteiger charge is 2.16. The molecule has 1 atom stereocenters. The number of carbonyl (C=O) groups is 2. The van der Waals surface area contributed by atoms with E-state index in [1.807, 2.05) is 12.1 Å². The van der Waals surface area contributed by atoms with Crippen LogP contribution in [0, 0.1) is 0 Å². The van der Waals surface area contributed by atoms with Crippen molar-refractivity contribution >= 4 is 39.3 Å². The molecule has 0 bridgehead atoms. The Balaban J connectivity index is 2.26. The van der Waals surface area contributed by atoms with Crippen LogP contribution < -0.4 is 10.6 Å². The Morgan fingerprint density at radius 1 is 1.50 bits per heavy atom. The summed E-state index contributed by atoms with van der Waals surface area (Å²) in [6.07, 6.45) is 1.09. The van der Waals surface area contributed by atoms with Gasteiger partial charge in [0.25, 0.3) is 0 Å². The van der Waals surface area contributed by atoms with Gasteiger partial charge < -0.3 is 15.7 Å². The molecule has 1 heterocycles. The van der Waals surface area contributed by atoms with Gasteiger partial charge in [-0.2, -0.15) is 0 Å². The fourth-order valence-corrected chi connectivity index (χ4v) is 2.82. The molecule has 0 aromatic carbocycles.